The van der Waals surface area contributed by atoms with Gasteiger partial charge in [-0.2, -0.15) is 0 Å². The molecule has 4 nitrogen and oxygen atoms in total. The van der Waals surface area contributed by atoms with Crippen LogP contribution in [0.3, 0.4) is 0 Å². The maximum atomic E-state index is 4.23. The van der Waals surface area contributed by atoms with E-state index in [1.54, 1.807) is 7.05 Å². The van der Waals surface area contributed by atoms with Crippen LogP contribution in [0.5, 0.6) is 0 Å². The summed E-state index contributed by atoms with van der Waals surface area (Å²) in [5.41, 5.74) is 1.09. The molecule has 2 N–H and O–H groups in total. The maximum absolute atomic E-state index is 4.23. The van der Waals surface area contributed by atoms with Crippen LogP contribution in [0.15, 0.2) is 29.4 Å². The second kappa shape index (κ2) is 5.96. The highest BCUT2D eigenvalue weighted by molar-refractivity contribution is 5.79. The van der Waals surface area contributed by atoms with E-state index in [0.717, 1.165) is 24.6 Å². The molecular formula is C10H16N4. The van der Waals surface area contributed by atoms with Crippen LogP contribution in [0.1, 0.15) is 5.69 Å². The molecule has 0 aliphatic carbocycles. The molecule has 0 amide bonds. The van der Waals surface area contributed by atoms with E-state index >= 15 is 0 Å². The van der Waals surface area contributed by atoms with E-state index in [0.29, 0.717) is 0 Å². The molecule has 1 rings (SSSR count). The zero-order chi connectivity index (χ0) is 10.2. The Kier molecular flexibility index (Phi) is 4.47. The van der Waals surface area contributed by atoms with Gasteiger partial charge >= 0.3 is 0 Å². The average Bonchev–Trinajstić information content (AvgIpc) is 2.26. The lowest BCUT2D eigenvalue weighted by Gasteiger charge is -2.07. The maximum Gasteiger partial charge on any atom is 0.190 e. The van der Waals surface area contributed by atoms with Gasteiger partial charge in [0.2, 0.25) is 0 Å². The van der Waals surface area contributed by atoms with E-state index in [9.17, 15) is 0 Å². The van der Waals surface area contributed by atoms with Gasteiger partial charge in [0.15, 0.2) is 5.96 Å². The summed E-state index contributed by atoms with van der Waals surface area (Å²) in [6.07, 6.45) is 2.71. The first-order chi connectivity index (χ1) is 6.86. The Bertz CT molecular complexity index is 281. The molecule has 1 aromatic rings. The number of pyridine rings is 1. The van der Waals surface area contributed by atoms with E-state index in [-0.39, 0.29) is 0 Å². The van der Waals surface area contributed by atoms with Crippen molar-refractivity contribution in [1.29, 1.82) is 0 Å². The van der Waals surface area contributed by atoms with Gasteiger partial charge in [-0.05, 0) is 12.1 Å². The number of nitrogens with one attached hydrogen (secondary N) is 2. The molecule has 0 aliphatic rings. The molecule has 0 saturated carbocycles. The van der Waals surface area contributed by atoms with E-state index in [1.807, 2.05) is 31.4 Å². The minimum absolute atomic E-state index is 0.806. The number of aliphatic imine (C=N–C) groups is 1. The molecule has 0 radical (unpaired) electrons. The molecule has 0 spiro atoms. The Morgan fingerprint density at radius 1 is 1.50 bits per heavy atom. The Labute approximate surface area is 84.5 Å². The summed E-state index contributed by atoms with van der Waals surface area (Å²) in [6.45, 7) is 0.838. The van der Waals surface area contributed by atoms with Crippen molar-refractivity contribution >= 4 is 5.96 Å². The first-order valence-corrected chi connectivity index (χ1v) is 4.65. The van der Waals surface area contributed by atoms with Crippen LogP contribution >= 0.6 is 0 Å². The van der Waals surface area contributed by atoms with Crippen LogP contribution < -0.4 is 10.6 Å². The largest absolute Gasteiger partial charge is 0.359 e. The monoisotopic (exact) mass is 192 g/mol. The van der Waals surface area contributed by atoms with Crippen LogP contribution in [0.2, 0.25) is 0 Å². The topological polar surface area (TPSA) is 49.3 Å². The number of hydrogen-bond acceptors (Lipinski definition) is 2. The number of guanidine groups is 1. The number of rotatable bonds is 3. The van der Waals surface area contributed by atoms with Crippen LogP contribution in [-0.4, -0.2) is 31.6 Å². The molecule has 0 atom stereocenters. The lowest BCUT2D eigenvalue weighted by Crippen LogP contribution is -2.35. The molecule has 4 heteroatoms. The lowest BCUT2D eigenvalue weighted by atomic mass is 10.3. The molecule has 0 unspecified atom stereocenters. The number of aromatic nitrogens is 1. The van der Waals surface area contributed by atoms with Gasteiger partial charge in [-0.3, -0.25) is 9.98 Å². The van der Waals surface area contributed by atoms with Crippen LogP contribution in [0.4, 0.5) is 0 Å². The van der Waals surface area contributed by atoms with Gasteiger partial charge in [0.05, 0.1) is 0 Å². The molecular weight excluding hydrogens is 176 g/mol. The van der Waals surface area contributed by atoms with Gasteiger partial charge in [0, 0.05) is 39.0 Å². The molecule has 14 heavy (non-hydrogen) atoms. The van der Waals surface area contributed by atoms with Crippen LogP contribution in [-0.2, 0) is 6.42 Å². The predicted octanol–water partition coefficient (Wildman–Crippen LogP) is 0.419. The highest BCUT2D eigenvalue weighted by Crippen LogP contribution is 1.92. The normalized spacial score (nSPS) is 11.1. The molecule has 0 aromatic carbocycles. The van der Waals surface area contributed by atoms with E-state index < -0.39 is 0 Å². The van der Waals surface area contributed by atoms with Gasteiger partial charge in [0.25, 0.3) is 0 Å². The Morgan fingerprint density at radius 2 is 2.36 bits per heavy atom. The fraction of sp³-hybridized carbons (Fsp3) is 0.400. The van der Waals surface area contributed by atoms with Crippen molar-refractivity contribution in [3.8, 4) is 0 Å². The van der Waals surface area contributed by atoms with Crippen molar-refractivity contribution in [2.45, 2.75) is 6.42 Å². The molecule has 76 valence electrons. The van der Waals surface area contributed by atoms with E-state index in [1.165, 1.54) is 0 Å². The van der Waals surface area contributed by atoms with E-state index in [2.05, 4.69) is 20.6 Å². The fourth-order valence-electron chi connectivity index (χ4n) is 1.13. The summed E-state index contributed by atoms with van der Waals surface area (Å²) in [5.74, 6) is 0.806. The molecule has 0 saturated heterocycles. The van der Waals surface area contributed by atoms with E-state index in [4.69, 9.17) is 0 Å². The third-order valence-corrected chi connectivity index (χ3v) is 1.86. The summed E-state index contributed by atoms with van der Waals surface area (Å²) < 4.78 is 0. The highest BCUT2D eigenvalue weighted by atomic mass is 15.1. The summed E-state index contributed by atoms with van der Waals surface area (Å²) in [6, 6.07) is 5.93. The first-order valence-electron chi connectivity index (χ1n) is 4.65. The third kappa shape index (κ3) is 3.43. The van der Waals surface area contributed by atoms with Gasteiger partial charge in [-0.25, -0.2) is 0 Å². The first kappa shape index (κ1) is 10.5. The minimum atomic E-state index is 0.806. The Hall–Kier alpha value is -1.58. The quantitative estimate of drug-likeness (QED) is 0.539. The second-order valence-corrected chi connectivity index (χ2v) is 2.82. The Balaban J connectivity index is 2.29. The molecule has 0 fully saturated rings. The standard InChI is InChI=1S/C10H16N4/c1-11-10(12-2)14-8-6-9-5-3-4-7-13-9/h3-5,7H,6,8H2,1-2H3,(H2,11,12,14). The number of hydrogen-bond donors (Lipinski definition) is 2. The van der Waals surface area contributed by atoms with Gasteiger partial charge in [-0.15, -0.1) is 0 Å². The van der Waals surface area contributed by atoms with Crippen molar-refractivity contribution in [1.82, 2.24) is 15.6 Å². The molecule has 1 heterocycles. The SMILES string of the molecule is CN=C(NC)NCCc1ccccn1. The third-order valence-electron chi connectivity index (χ3n) is 1.86. The summed E-state index contributed by atoms with van der Waals surface area (Å²) >= 11 is 0. The van der Waals surface area contributed by atoms with Crippen molar-refractivity contribution in [2.24, 2.45) is 4.99 Å². The van der Waals surface area contributed by atoms with Gasteiger partial charge < -0.3 is 10.6 Å². The van der Waals surface area contributed by atoms with Crippen LogP contribution in [0, 0.1) is 0 Å². The molecule has 0 aliphatic heterocycles. The van der Waals surface area contributed by atoms with Crippen molar-refractivity contribution < 1.29 is 0 Å². The van der Waals surface area contributed by atoms with Crippen LogP contribution in [0.25, 0.3) is 0 Å². The van der Waals surface area contributed by atoms with Crippen molar-refractivity contribution in [3.05, 3.63) is 30.1 Å². The average molecular weight is 192 g/mol. The van der Waals surface area contributed by atoms with Gasteiger partial charge in [0.1, 0.15) is 0 Å². The summed E-state index contributed by atoms with van der Waals surface area (Å²) in [7, 11) is 3.59. The van der Waals surface area contributed by atoms with Crippen molar-refractivity contribution in [2.75, 3.05) is 20.6 Å². The molecule has 0 bridgehead atoms. The predicted molar refractivity (Wildman–Crippen MR) is 58.4 cm³/mol. The fourth-order valence-corrected chi connectivity index (χ4v) is 1.13. The molecule has 1 aromatic heterocycles. The Morgan fingerprint density at radius 3 is 2.93 bits per heavy atom. The highest BCUT2D eigenvalue weighted by Gasteiger charge is 1.94. The van der Waals surface area contributed by atoms with Crippen molar-refractivity contribution in [3.63, 3.8) is 0 Å². The zero-order valence-electron chi connectivity index (χ0n) is 8.62. The summed E-state index contributed by atoms with van der Waals surface area (Å²) in [4.78, 5) is 8.24. The zero-order valence-corrected chi connectivity index (χ0v) is 8.62. The minimum Gasteiger partial charge on any atom is -0.359 e. The lowest BCUT2D eigenvalue weighted by molar-refractivity contribution is 0.816. The summed E-state index contributed by atoms with van der Waals surface area (Å²) in [5, 5.41) is 6.12. The van der Waals surface area contributed by atoms with Gasteiger partial charge in [-0.1, -0.05) is 6.07 Å². The second-order valence-electron chi connectivity index (χ2n) is 2.82. The smallest absolute Gasteiger partial charge is 0.190 e. The number of nitrogens with zero attached hydrogens (tertiary/aromatic N) is 2.